The standard InChI is InChI=1S/C32H37FN4O9S/c1-19-16-37(20(2)18-38)31(39)24-6-5-7-25(34-32(40)35-26-14-21(33)15-27-30(26)45-13-12-44-27)29(24)46-28(19)17-36(3)47(41,42)23-10-8-22(43-4)9-11-23/h5-11,14-15,19-20,28,38H,12-13,16-18H2,1-4H3,(H2,34,35,40)/t19-,20+,28+/m1/s1. The molecule has 0 fully saturated rings. The number of amides is 3. The summed E-state index contributed by atoms with van der Waals surface area (Å²) < 4.78 is 65.1. The Bertz CT molecular complexity index is 1740. The van der Waals surface area contributed by atoms with Crippen LogP contribution in [0.4, 0.5) is 20.6 Å². The summed E-state index contributed by atoms with van der Waals surface area (Å²) in [6.45, 7) is 3.68. The minimum absolute atomic E-state index is 0.00967. The second-order valence-electron chi connectivity index (χ2n) is 11.3. The fourth-order valence-corrected chi connectivity index (χ4v) is 6.51. The van der Waals surface area contributed by atoms with E-state index in [4.69, 9.17) is 18.9 Å². The van der Waals surface area contributed by atoms with Crippen LogP contribution in [0.25, 0.3) is 0 Å². The Kier molecular flexibility index (Phi) is 10.1. The average molecular weight is 673 g/mol. The fourth-order valence-electron chi connectivity index (χ4n) is 5.33. The van der Waals surface area contributed by atoms with Crippen LogP contribution in [0.2, 0.25) is 0 Å². The van der Waals surface area contributed by atoms with Gasteiger partial charge in [-0.1, -0.05) is 13.0 Å². The molecule has 0 aromatic heterocycles. The van der Waals surface area contributed by atoms with E-state index in [1.54, 1.807) is 25.1 Å². The number of ether oxygens (including phenoxy) is 4. The molecule has 0 saturated heterocycles. The van der Waals surface area contributed by atoms with Gasteiger partial charge in [-0.3, -0.25) is 4.79 Å². The highest BCUT2D eigenvalue weighted by Gasteiger charge is 2.36. The van der Waals surface area contributed by atoms with E-state index in [1.807, 2.05) is 6.92 Å². The number of benzene rings is 3. The molecule has 2 heterocycles. The van der Waals surface area contributed by atoms with Gasteiger partial charge in [-0.15, -0.1) is 0 Å². The number of hydrogen-bond acceptors (Lipinski definition) is 9. The first-order valence-corrected chi connectivity index (χ1v) is 16.4. The number of likely N-dealkylation sites (N-methyl/N-ethyl adjacent to an activating group) is 1. The van der Waals surface area contributed by atoms with Crippen molar-refractivity contribution in [2.45, 2.75) is 30.9 Å². The van der Waals surface area contributed by atoms with Crippen molar-refractivity contribution in [1.29, 1.82) is 0 Å². The number of anilines is 2. The molecule has 3 atom stereocenters. The van der Waals surface area contributed by atoms with Gasteiger partial charge >= 0.3 is 6.03 Å². The predicted octanol–water partition coefficient (Wildman–Crippen LogP) is 3.79. The van der Waals surface area contributed by atoms with E-state index in [0.717, 1.165) is 16.4 Å². The summed E-state index contributed by atoms with van der Waals surface area (Å²) in [6.07, 6.45) is -0.805. The van der Waals surface area contributed by atoms with Gasteiger partial charge < -0.3 is 39.6 Å². The van der Waals surface area contributed by atoms with E-state index in [0.29, 0.717) is 5.75 Å². The number of sulfonamides is 1. The lowest BCUT2D eigenvalue weighted by molar-refractivity contribution is 0.0389. The van der Waals surface area contributed by atoms with E-state index in [9.17, 15) is 27.5 Å². The number of nitrogens with zero attached hydrogens (tertiary/aromatic N) is 2. The Morgan fingerprint density at radius 3 is 2.51 bits per heavy atom. The number of halogens is 1. The molecule has 13 nitrogen and oxygen atoms in total. The van der Waals surface area contributed by atoms with Gasteiger partial charge in [0.2, 0.25) is 10.0 Å². The number of carbonyl (C=O) groups excluding carboxylic acids is 2. The highest BCUT2D eigenvalue weighted by Crippen LogP contribution is 2.39. The van der Waals surface area contributed by atoms with Crippen molar-refractivity contribution in [3.05, 3.63) is 66.0 Å². The number of aliphatic hydroxyl groups excluding tert-OH is 1. The molecule has 3 N–H and O–H groups in total. The molecule has 0 unspecified atom stereocenters. The highest BCUT2D eigenvalue weighted by atomic mass is 32.2. The van der Waals surface area contributed by atoms with Gasteiger partial charge in [0.25, 0.3) is 5.91 Å². The summed E-state index contributed by atoms with van der Waals surface area (Å²) >= 11 is 0. The first kappa shape index (κ1) is 33.8. The monoisotopic (exact) mass is 672 g/mol. The summed E-state index contributed by atoms with van der Waals surface area (Å²) in [5.74, 6) is -0.681. The average Bonchev–Trinajstić information content (AvgIpc) is 3.06. The molecule has 0 spiro atoms. The van der Waals surface area contributed by atoms with Gasteiger partial charge in [0.1, 0.15) is 30.9 Å². The molecule has 15 heteroatoms. The molecular weight excluding hydrogens is 635 g/mol. The summed E-state index contributed by atoms with van der Waals surface area (Å²) in [5.41, 5.74) is 0.237. The zero-order chi connectivity index (χ0) is 33.9. The number of nitrogens with one attached hydrogen (secondary N) is 2. The Morgan fingerprint density at radius 2 is 1.81 bits per heavy atom. The van der Waals surface area contributed by atoms with Crippen LogP contribution in [0.15, 0.2) is 59.5 Å². The molecule has 3 aromatic carbocycles. The van der Waals surface area contributed by atoms with Gasteiger partial charge in [-0.05, 0) is 43.3 Å². The third kappa shape index (κ3) is 7.21. The maximum absolute atomic E-state index is 14.3. The van der Waals surface area contributed by atoms with Gasteiger partial charge in [-0.25, -0.2) is 17.6 Å². The summed E-state index contributed by atoms with van der Waals surface area (Å²) in [7, 11) is -1.05. The molecule has 0 saturated carbocycles. The van der Waals surface area contributed by atoms with Crippen LogP contribution in [-0.4, -0.2) is 93.9 Å². The number of fused-ring (bicyclic) bond motifs is 2. The van der Waals surface area contributed by atoms with Gasteiger partial charge in [0, 0.05) is 31.6 Å². The van der Waals surface area contributed by atoms with Crippen LogP contribution >= 0.6 is 0 Å². The summed E-state index contributed by atoms with van der Waals surface area (Å²) in [6, 6.07) is 11.5. The topological polar surface area (TPSA) is 156 Å². The number of carbonyl (C=O) groups is 2. The number of aliphatic hydroxyl groups is 1. The Hall–Kier alpha value is -4.60. The van der Waals surface area contributed by atoms with Gasteiger partial charge in [0.05, 0.1) is 48.1 Å². The third-order valence-electron chi connectivity index (χ3n) is 8.00. The van der Waals surface area contributed by atoms with E-state index in [2.05, 4.69) is 10.6 Å². The van der Waals surface area contributed by atoms with Crippen molar-refractivity contribution in [1.82, 2.24) is 9.21 Å². The van der Waals surface area contributed by atoms with Crippen molar-refractivity contribution in [2.75, 3.05) is 57.7 Å². The Labute approximate surface area is 272 Å². The fraction of sp³-hybridized carbons (Fsp3) is 0.375. The third-order valence-corrected chi connectivity index (χ3v) is 9.84. The first-order valence-electron chi connectivity index (χ1n) is 14.9. The molecular formula is C32H37FN4O9S. The van der Waals surface area contributed by atoms with Gasteiger partial charge in [0.15, 0.2) is 17.2 Å². The molecule has 2 aliphatic rings. The van der Waals surface area contributed by atoms with Crippen molar-refractivity contribution in [3.63, 3.8) is 0 Å². The van der Waals surface area contributed by atoms with Crippen LogP contribution in [0, 0.1) is 11.7 Å². The molecule has 0 bridgehead atoms. The maximum atomic E-state index is 14.3. The van der Waals surface area contributed by atoms with Crippen LogP contribution in [0.1, 0.15) is 24.2 Å². The van der Waals surface area contributed by atoms with E-state index >= 15 is 0 Å². The van der Waals surface area contributed by atoms with Crippen molar-refractivity contribution in [2.24, 2.45) is 5.92 Å². The summed E-state index contributed by atoms with van der Waals surface area (Å²) in [5, 5.41) is 15.2. The van der Waals surface area contributed by atoms with Crippen LogP contribution in [-0.2, 0) is 10.0 Å². The number of para-hydroxylation sites is 1. The normalized spacial score (nSPS) is 18.4. The molecule has 0 radical (unpaired) electrons. The smallest absolute Gasteiger partial charge is 0.323 e. The molecule has 47 heavy (non-hydrogen) atoms. The van der Waals surface area contributed by atoms with Crippen LogP contribution in [0.3, 0.4) is 0 Å². The number of methoxy groups -OCH3 is 1. The van der Waals surface area contributed by atoms with Crippen molar-refractivity contribution in [3.8, 4) is 23.0 Å². The molecule has 2 aliphatic heterocycles. The predicted molar refractivity (Wildman–Crippen MR) is 170 cm³/mol. The maximum Gasteiger partial charge on any atom is 0.323 e. The molecule has 3 amide bonds. The molecule has 0 aliphatic carbocycles. The lowest BCUT2D eigenvalue weighted by atomic mass is 9.99. The van der Waals surface area contributed by atoms with E-state index < -0.39 is 45.8 Å². The van der Waals surface area contributed by atoms with E-state index in [-0.39, 0.29) is 72.0 Å². The Morgan fingerprint density at radius 1 is 1.11 bits per heavy atom. The summed E-state index contributed by atoms with van der Waals surface area (Å²) in [4.78, 5) is 28.6. The zero-order valence-electron chi connectivity index (χ0n) is 26.4. The number of hydrogen-bond donors (Lipinski definition) is 3. The zero-order valence-corrected chi connectivity index (χ0v) is 27.2. The first-order chi connectivity index (χ1) is 22.4. The SMILES string of the molecule is COc1ccc(S(=O)(=O)N(C)C[C@@H]2Oc3c(NC(=O)Nc4cc(F)cc5c4OCCO5)cccc3C(=O)N([C@@H](C)CO)C[C@H]2C)cc1. The second-order valence-corrected chi connectivity index (χ2v) is 13.4. The van der Waals surface area contributed by atoms with Crippen LogP contribution in [0.5, 0.6) is 23.0 Å². The Balaban J connectivity index is 1.46. The van der Waals surface area contributed by atoms with E-state index in [1.165, 1.54) is 43.3 Å². The number of urea groups is 1. The molecule has 3 aromatic rings. The quantitative estimate of drug-likeness (QED) is 0.308. The number of rotatable bonds is 9. The molecule has 252 valence electrons. The lowest BCUT2D eigenvalue weighted by Gasteiger charge is -2.38. The second kappa shape index (κ2) is 14.0. The highest BCUT2D eigenvalue weighted by molar-refractivity contribution is 7.89. The van der Waals surface area contributed by atoms with Crippen LogP contribution < -0.4 is 29.6 Å². The van der Waals surface area contributed by atoms with Gasteiger partial charge in [-0.2, -0.15) is 4.31 Å². The van der Waals surface area contributed by atoms with Crippen molar-refractivity contribution < 1.29 is 46.5 Å². The van der Waals surface area contributed by atoms with Crippen molar-refractivity contribution >= 4 is 33.3 Å². The minimum atomic E-state index is -3.96. The lowest BCUT2D eigenvalue weighted by Crippen LogP contribution is -2.50. The largest absolute Gasteiger partial charge is 0.497 e. The molecule has 5 rings (SSSR count). The minimum Gasteiger partial charge on any atom is -0.497 e.